The van der Waals surface area contributed by atoms with Gasteiger partial charge in [0, 0.05) is 18.9 Å². The third-order valence-electron chi connectivity index (χ3n) is 7.95. The van der Waals surface area contributed by atoms with Gasteiger partial charge in [0.1, 0.15) is 17.4 Å². The zero-order valence-electron chi connectivity index (χ0n) is 25.9. The molecule has 0 radical (unpaired) electrons. The average Bonchev–Trinajstić information content (AvgIpc) is 3.03. The van der Waals surface area contributed by atoms with Gasteiger partial charge in [-0.05, 0) is 46.5 Å². The Balaban J connectivity index is 1.57. The molecule has 1 aromatic heterocycles. The average molecular weight is 702 g/mol. The molecule has 15 heteroatoms. The van der Waals surface area contributed by atoms with Crippen LogP contribution >= 0.6 is 0 Å². The molecular formula is C34H28F5N3O6S. The lowest BCUT2D eigenvalue weighted by molar-refractivity contribution is -0.139. The Kier molecular flexibility index (Phi) is 9.50. The van der Waals surface area contributed by atoms with Crippen LogP contribution in [-0.4, -0.2) is 41.8 Å². The molecule has 49 heavy (non-hydrogen) atoms. The number of rotatable bonds is 10. The number of para-hydroxylation sites is 1. The first kappa shape index (κ1) is 35.0. The number of carbonyl (C=O) groups excluding carboxylic acids is 1. The molecule has 3 N–H and O–H groups in total. The summed E-state index contributed by atoms with van der Waals surface area (Å²) < 4.78 is 101. The normalized spacial score (nSPS) is 12.6. The van der Waals surface area contributed by atoms with Crippen molar-refractivity contribution in [3.63, 3.8) is 0 Å². The molecule has 1 amide bonds. The van der Waals surface area contributed by atoms with Gasteiger partial charge < -0.3 is 15.0 Å². The fourth-order valence-corrected chi connectivity index (χ4v) is 6.92. The lowest BCUT2D eigenvalue weighted by atomic mass is 9.90. The molecule has 0 spiro atoms. The Hall–Kier alpha value is -5.31. The number of anilines is 1. The number of nitrogens with one attached hydrogen (secondary N) is 2. The number of carbonyl (C=O) groups is 2. The number of pyridine rings is 1. The predicted molar refractivity (Wildman–Crippen MR) is 174 cm³/mol. The molecule has 9 nitrogen and oxygen atoms in total. The van der Waals surface area contributed by atoms with E-state index in [2.05, 4.69) is 5.32 Å². The van der Waals surface area contributed by atoms with Crippen molar-refractivity contribution in [2.24, 2.45) is 7.05 Å². The van der Waals surface area contributed by atoms with Gasteiger partial charge in [0.2, 0.25) is 10.0 Å². The highest BCUT2D eigenvalue weighted by atomic mass is 32.2. The van der Waals surface area contributed by atoms with Crippen LogP contribution in [0.1, 0.15) is 34.8 Å². The van der Waals surface area contributed by atoms with Crippen LogP contribution in [0.15, 0.2) is 77.6 Å². The van der Waals surface area contributed by atoms with E-state index in [-0.39, 0.29) is 45.0 Å². The van der Waals surface area contributed by atoms with Gasteiger partial charge in [-0.1, -0.05) is 61.5 Å². The number of hydrogen-bond donors (Lipinski definition) is 3. The van der Waals surface area contributed by atoms with Gasteiger partial charge in [-0.25, -0.2) is 22.0 Å². The molecule has 0 saturated carbocycles. The van der Waals surface area contributed by atoms with E-state index in [4.69, 9.17) is 0 Å². The minimum absolute atomic E-state index is 0.0691. The van der Waals surface area contributed by atoms with E-state index in [1.54, 1.807) is 6.92 Å². The van der Waals surface area contributed by atoms with Crippen LogP contribution in [0, 0.1) is 11.6 Å². The first-order valence-corrected chi connectivity index (χ1v) is 16.4. The largest absolute Gasteiger partial charge is 0.480 e. The van der Waals surface area contributed by atoms with Gasteiger partial charge in [-0.3, -0.25) is 14.3 Å². The number of aryl methyl sites for hydroxylation is 1. The van der Waals surface area contributed by atoms with Crippen molar-refractivity contribution in [2.75, 3.05) is 10.5 Å². The van der Waals surface area contributed by atoms with E-state index in [9.17, 15) is 45.5 Å². The van der Waals surface area contributed by atoms with Crippen molar-refractivity contribution in [1.29, 1.82) is 0 Å². The smallest absolute Gasteiger partial charge is 0.417 e. The second-order valence-corrected chi connectivity index (χ2v) is 13.1. The monoisotopic (exact) mass is 701 g/mol. The van der Waals surface area contributed by atoms with Crippen LogP contribution in [0.2, 0.25) is 0 Å². The molecule has 0 aliphatic carbocycles. The lowest BCUT2D eigenvalue weighted by Gasteiger charge is -2.20. The minimum Gasteiger partial charge on any atom is -0.480 e. The summed E-state index contributed by atoms with van der Waals surface area (Å²) in [6.45, 7) is 1.56. The first-order valence-electron chi connectivity index (χ1n) is 14.8. The molecule has 0 aliphatic heterocycles. The number of carboxylic acids is 1. The zero-order chi connectivity index (χ0) is 35.8. The lowest BCUT2D eigenvalue weighted by Crippen LogP contribution is -2.43. The third-order valence-corrected chi connectivity index (χ3v) is 9.43. The number of aliphatic carboxylic acids is 1. The van der Waals surface area contributed by atoms with Crippen LogP contribution in [-0.2, 0) is 34.5 Å². The van der Waals surface area contributed by atoms with Crippen molar-refractivity contribution in [2.45, 2.75) is 32.0 Å². The number of benzene rings is 4. The van der Waals surface area contributed by atoms with E-state index in [1.807, 2.05) is 4.72 Å². The Morgan fingerprint density at radius 1 is 0.918 bits per heavy atom. The van der Waals surface area contributed by atoms with Crippen molar-refractivity contribution in [3.8, 4) is 11.1 Å². The van der Waals surface area contributed by atoms with Crippen LogP contribution in [0.25, 0.3) is 32.8 Å². The molecule has 1 heterocycles. The summed E-state index contributed by atoms with van der Waals surface area (Å²) in [4.78, 5) is 38.9. The number of halogens is 5. The van der Waals surface area contributed by atoms with E-state index in [0.29, 0.717) is 6.07 Å². The maximum atomic E-state index is 15.2. The summed E-state index contributed by atoms with van der Waals surface area (Å²) in [7, 11) is -2.68. The van der Waals surface area contributed by atoms with Crippen molar-refractivity contribution < 1.29 is 45.1 Å². The molecular weight excluding hydrogens is 673 g/mol. The Bertz CT molecular complexity index is 2300. The third kappa shape index (κ3) is 6.84. The van der Waals surface area contributed by atoms with Crippen LogP contribution in [0.4, 0.5) is 27.6 Å². The Morgan fingerprint density at radius 2 is 1.57 bits per heavy atom. The standard InChI is InChI=1S/C34H28F5N3O6S/c1-3-16-49(47,48)41-24-15-14-23(35)28(30(24)36)31(43)40-25(33(45)46)17-18-8-6-11-20-19(18)10-7-12-21(20)27-29(34(37,38)39)22-9-4-5-13-26(22)42(2)32(27)44/h4-15,25,41H,3,16-17H2,1-2H3,(H,40,43)(H,45,46)/t25-/m0/s1. The molecule has 4 aromatic carbocycles. The fourth-order valence-electron chi connectivity index (χ4n) is 5.79. The molecule has 5 rings (SSSR count). The number of alkyl halides is 3. The highest BCUT2D eigenvalue weighted by Gasteiger charge is 2.38. The van der Waals surface area contributed by atoms with E-state index >= 15 is 4.39 Å². The summed E-state index contributed by atoms with van der Waals surface area (Å²) in [6, 6.07) is 13.8. The molecule has 0 unspecified atom stereocenters. The zero-order valence-corrected chi connectivity index (χ0v) is 26.7. The minimum atomic E-state index is -4.93. The van der Waals surface area contributed by atoms with E-state index in [1.165, 1.54) is 67.7 Å². The first-order chi connectivity index (χ1) is 23.1. The summed E-state index contributed by atoms with van der Waals surface area (Å²) in [6.07, 6.45) is -5.24. The maximum absolute atomic E-state index is 15.2. The van der Waals surface area contributed by atoms with Gasteiger partial charge in [-0.2, -0.15) is 13.2 Å². The van der Waals surface area contributed by atoms with Crippen molar-refractivity contribution in [3.05, 3.63) is 111 Å². The van der Waals surface area contributed by atoms with Crippen LogP contribution in [0.5, 0.6) is 0 Å². The van der Waals surface area contributed by atoms with E-state index in [0.717, 1.165) is 10.6 Å². The molecule has 1 atom stereocenters. The number of aromatic nitrogens is 1. The predicted octanol–water partition coefficient (Wildman–Crippen LogP) is 6.23. The topological polar surface area (TPSA) is 135 Å². The van der Waals surface area contributed by atoms with Crippen molar-refractivity contribution >= 4 is 49.3 Å². The number of nitrogens with zero attached hydrogens (tertiary/aromatic N) is 1. The number of amides is 1. The highest BCUT2D eigenvalue weighted by molar-refractivity contribution is 7.92. The van der Waals surface area contributed by atoms with Gasteiger partial charge in [-0.15, -0.1) is 0 Å². The van der Waals surface area contributed by atoms with E-state index < -0.39 is 80.1 Å². The Labute approximate surface area is 276 Å². The summed E-state index contributed by atoms with van der Waals surface area (Å²) >= 11 is 0. The molecule has 0 aliphatic rings. The molecule has 0 bridgehead atoms. The van der Waals surface area contributed by atoms with Crippen molar-refractivity contribution in [1.82, 2.24) is 9.88 Å². The van der Waals surface area contributed by atoms with Crippen LogP contribution in [0.3, 0.4) is 0 Å². The van der Waals surface area contributed by atoms with Gasteiger partial charge >= 0.3 is 12.1 Å². The maximum Gasteiger partial charge on any atom is 0.417 e. The van der Waals surface area contributed by atoms with Gasteiger partial charge in [0.25, 0.3) is 11.5 Å². The quantitative estimate of drug-likeness (QED) is 0.148. The van der Waals surface area contributed by atoms with Gasteiger partial charge in [0.05, 0.1) is 28.1 Å². The van der Waals surface area contributed by atoms with Crippen LogP contribution < -0.4 is 15.6 Å². The fraction of sp³-hybridized carbons (Fsp3) is 0.206. The SMILES string of the molecule is CCCS(=O)(=O)Nc1ccc(F)c(C(=O)N[C@@H](Cc2cccc3c(-c4c(C(F)(F)F)c5ccccc5n(C)c4=O)cccc23)C(=O)O)c1F. The summed E-state index contributed by atoms with van der Waals surface area (Å²) in [5, 5.41) is 12.3. The molecule has 0 fully saturated rings. The molecule has 0 saturated heterocycles. The number of carboxylic acid groups (broad SMARTS) is 1. The van der Waals surface area contributed by atoms with Gasteiger partial charge in [0.15, 0.2) is 5.82 Å². The Morgan fingerprint density at radius 3 is 2.24 bits per heavy atom. The number of sulfonamides is 1. The highest BCUT2D eigenvalue weighted by Crippen LogP contribution is 2.42. The number of hydrogen-bond acceptors (Lipinski definition) is 5. The second kappa shape index (κ2) is 13.3. The summed E-state index contributed by atoms with van der Waals surface area (Å²) in [5.41, 5.74) is -4.38. The molecule has 256 valence electrons. The second-order valence-electron chi connectivity index (χ2n) is 11.2. The number of fused-ring (bicyclic) bond motifs is 2. The molecule has 5 aromatic rings. The summed E-state index contributed by atoms with van der Waals surface area (Å²) in [5.74, 6) is -6.43.